The highest BCUT2D eigenvalue weighted by molar-refractivity contribution is 9.10. The quantitative estimate of drug-likeness (QED) is 0.825. The molecule has 96 valence electrons. The summed E-state index contributed by atoms with van der Waals surface area (Å²) < 4.78 is 2.15. The number of hydrogen-bond acceptors (Lipinski definition) is 6. The lowest BCUT2D eigenvalue weighted by molar-refractivity contribution is 0.534. The second-order valence-electron chi connectivity index (χ2n) is 3.76. The van der Waals surface area contributed by atoms with Crippen LogP contribution in [0, 0.1) is 0 Å². The highest BCUT2D eigenvalue weighted by Gasteiger charge is 2.16. The summed E-state index contributed by atoms with van der Waals surface area (Å²) in [6.07, 6.45) is 1.37. The number of H-pyrrole nitrogens is 1. The molecule has 2 aromatic heterocycles. The largest absolute Gasteiger partial charge is 0.383 e. The van der Waals surface area contributed by atoms with Crippen molar-refractivity contribution in [3.8, 4) is 0 Å². The smallest absolute Gasteiger partial charge is 0.344 e. The third-order valence-electron chi connectivity index (χ3n) is 2.16. The third-order valence-corrected chi connectivity index (χ3v) is 4.18. The van der Waals surface area contributed by atoms with E-state index in [-0.39, 0.29) is 11.7 Å². The first-order chi connectivity index (χ1) is 8.50. The zero-order valence-electron chi connectivity index (χ0n) is 9.72. The lowest BCUT2D eigenvalue weighted by atomic mass is 10.4. The van der Waals surface area contributed by atoms with Crippen molar-refractivity contribution in [3.63, 3.8) is 0 Å². The van der Waals surface area contributed by atoms with Gasteiger partial charge in [0, 0.05) is 6.04 Å². The molecule has 0 aliphatic carbocycles. The van der Waals surface area contributed by atoms with Gasteiger partial charge in [-0.1, -0.05) is 0 Å². The molecule has 0 aliphatic rings. The predicted molar refractivity (Wildman–Crippen MR) is 71.5 cm³/mol. The van der Waals surface area contributed by atoms with Crippen LogP contribution in [0.5, 0.6) is 0 Å². The number of aromatic nitrogens is 5. The van der Waals surface area contributed by atoms with Crippen LogP contribution < -0.4 is 11.4 Å². The van der Waals surface area contributed by atoms with E-state index in [0.717, 1.165) is 0 Å². The first kappa shape index (κ1) is 13.1. The second kappa shape index (κ2) is 5.11. The Kier molecular flexibility index (Phi) is 3.71. The highest BCUT2D eigenvalue weighted by Crippen LogP contribution is 2.32. The minimum absolute atomic E-state index is 0.0108. The first-order valence-electron chi connectivity index (χ1n) is 5.11. The fraction of sp³-hybridized carbons (Fsp3) is 0.333. The van der Waals surface area contributed by atoms with Crippen molar-refractivity contribution >= 4 is 33.5 Å². The van der Waals surface area contributed by atoms with E-state index in [1.165, 1.54) is 18.1 Å². The maximum absolute atomic E-state index is 11.6. The lowest BCUT2D eigenvalue weighted by Crippen LogP contribution is -2.19. The minimum atomic E-state index is -0.245. The van der Waals surface area contributed by atoms with Gasteiger partial charge in [-0.15, -0.1) is 5.10 Å². The van der Waals surface area contributed by atoms with Gasteiger partial charge in [-0.25, -0.2) is 19.9 Å². The fourth-order valence-electron chi connectivity index (χ4n) is 1.34. The SMILES string of the molecule is CC(C)n1c(Sc2ncnc(N)c2Br)n[nH]c1=O. The Hall–Kier alpha value is -1.35. The van der Waals surface area contributed by atoms with Crippen LogP contribution in [0.1, 0.15) is 19.9 Å². The van der Waals surface area contributed by atoms with Gasteiger partial charge in [-0.2, -0.15) is 0 Å². The molecular weight excluding hydrogens is 320 g/mol. The molecule has 9 heteroatoms. The molecule has 0 atom stereocenters. The van der Waals surface area contributed by atoms with Crippen molar-refractivity contribution in [3.05, 3.63) is 21.3 Å². The molecule has 0 aliphatic heterocycles. The number of halogens is 1. The molecule has 0 unspecified atom stereocenters. The minimum Gasteiger partial charge on any atom is -0.383 e. The first-order valence-corrected chi connectivity index (χ1v) is 6.72. The Morgan fingerprint density at radius 1 is 1.50 bits per heavy atom. The Balaban J connectivity index is 2.41. The Morgan fingerprint density at radius 2 is 2.22 bits per heavy atom. The molecular formula is C9H11BrN6OS. The van der Waals surface area contributed by atoms with Gasteiger partial charge >= 0.3 is 5.69 Å². The van der Waals surface area contributed by atoms with E-state index in [4.69, 9.17) is 5.73 Å². The van der Waals surface area contributed by atoms with E-state index in [2.05, 4.69) is 36.1 Å². The summed E-state index contributed by atoms with van der Waals surface area (Å²) in [4.78, 5) is 19.5. The van der Waals surface area contributed by atoms with Gasteiger partial charge < -0.3 is 5.73 Å². The molecule has 2 rings (SSSR count). The van der Waals surface area contributed by atoms with Gasteiger partial charge in [0.25, 0.3) is 0 Å². The van der Waals surface area contributed by atoms with Crippen LogP contribution >= 0.6 is 27.7 Å². The summed E-state index contributed by atoms with van der Waals surface area (Å²) in [5.41, 5.74) is 5.42. The van der Waals surface area contributed by atoms with Gasteiger partial charge in [-0.3, -0.25) is 4.57 Å². The summed E-state index contributed by atoms with van der Waals surface area (Å²) in [6, 6.07) is 0.0108. The average molecular weight is 331 g/mol. The number of nitrogens with two attached hydrogens (primary N) is 1. The molecule has 7 nitrogen and oxygen atoms in total. The van der Waals surface area contributed by atoms with E-state index in [0.29, 0.717) is 20.5 Å². The Bertz CT molecular complexity index is 622. The van der Waals surface area contributed by atoms with Crippen molar-refractivity contribution in [1.82, 2.24) is 24.7 Å². The normalized spacial score (nSPS) is 11.1. The summed E-state index contributed by atoms with van der Waals surface area (Å²) in [7, 11) is 0. The van der Waals surface area contributed by atoms with Crippen molar-refractivity contribution in [2.45, 2.75) is 30.1 Å². The fourth-order valence-corrected chi connectivity index (χ4v) is 2.74. The lowest BCUT2D eigenvalue weighted by Gasteiger charge is -2.08. The van der Waals surface area contributed by atoms with Gasteiger partial charge in [0.2, 0.25) is 0 Å². The molecule has 0 fully saturated rings. The summed E-state index contributed by atoms with van der Waals surface area (Å²) in [6.45, 7) is 3.81. The van der Waals surface area contributed by atoms with Crippen LogP contribution in [0.25, 0.3) is 0 Å². The Labute approximate surface area is 115 Å². The molecule has 0 amide bonds. The van der Waals surface area contributed by atoms with Gasteiger partial charge in [0.1, 0.15) is 17.2 Å². The predicted octanol–water partition coefficient (Wildman–Crippen LogP) is 1.44. The van der Waals surface area contributed by atoms with E-state index < -0.39 is 0 Å². The van der Waals surface area contributed by atoms with Crippen molar-refractivity contribution in [1.29, 1.82) is 0 Å². The Morgan fingerprint density at radius 3 is 2.89 bits per heavy atom. The summed E-state index contributed by atoms with van der Waals surface area (Å²) >= 11 is 4.56. The van der Waals surface area contributed by atoms with Crippen LogP contribution in [-0.2, 0) is 0 Å². The summed E-state index contributed by atoms with van der Waals surface area (Å²) in [5.74, 6) is 0.349. The molecule has 18 heavy (non-hydrogen) atoms. The molecule has 0 saturated heterocycles. The maximum atomic E-state index is 11.6. The molecule has 3 N–H and O–H groups in total. The zero-order chi connectivity index (χ0) is 13.3. The number of hydrogen-bond donors (Lipinski definition) is 2. The number of anilines is 1. The monoisotopic (exact) mass is 330 g/mol. The molecule has 2 aromatic rings. The van der Waals surface area contributed by atoms with Crippen molar-refractivity contribution in [2.24, 2.45) is 0 Å². The number of nitrogens with zero attached hydrogens (tertiary/aromatic N) is 4. The van der Waals surface area contributed by atoms with Crippen LogP contribution in [0.15, 0.2) is 25.8 Å². The molecule has 0 bridgehead atoms. The van der Waals surface area contributed by atoms with Gasteiger partial charge in [0.15, 0.2) is 5.16 Å². The summed E-state index contributed by atoms with van der Waals surface area (Å²) in [5, 5.41) is 7.54. The molecule has 0 spiro atoms. The van der Waals surface area contributed by atoms with Crippen LogP contribution in [-0.4, -0.2) is 24.7 Å². The van der Waals surface area contributed by atoms with Crippen LogP contribution in [0.3, 0.4) is 0 Å². The number of aromatic amines is 1. The van der Waals surface area contributed by atoms with E-state index >= 15 is 0 Å². The number of nitrogens with one attached hydrogen (secondary N) is 1. The molecule has 2 heterocycles. The molecule has 0 aromatic carbocycles. The van der Waals surface area contributed by atoms with E-state index in [1.807, 2.05) is 13.8 Å². The number of rotatable bonds is 3. The highest BCUT2D eigenvalue weighted by atomic mass is 79.9. The van der Waals surface area contributed by atoms with Crippen LogP contribution in [0.2, 0.25) is 0 Å². The number of nitrogen functional groups attached to an aromatic ring is 1. The average Bonchev–Trinajstić information content (AvgIpc) is 2.66. The van der Waals surface area contributed by atoms with E-state index in [1.54, 1.807) is 4.57 Å². The molecule has 0 saturated carbocycles. The van der Waals surface area contributed by atoms with Crippen molar-refractivity contribution < 1.29 is 0 Å². The third kappa shape index (κ3) is 2.41. The van der Waals surface area contributed by atoms with E-state index in [9.17, 15) is 4.79 Å². The van der Waals surface area contributed by atoms with Crippen LogP contribution in [0.4, 0.5) is 5.82 Å². The van der Waals surface area contributed by atoms with Crippen molar-refractivity contribution in [2.75, 3.05) is 5.73 Å². The van der Waals surface area contributed by atoms with Gasteiger partial charge in [0.05, 0.1) is 4.47 Å². The standard InChI is InChI=1S/C9H11BrN6OS/c1-4(2)16-8(17)14-15-9(16)18-7-5(10)6(11)12-3-13-7/h3-4H,1-2H3,(H,14,17)(H2,11,12,13). The maximum Gasteiger partial charge on any atom is 0.344 e. The zero-order valence-corrected chi connectivity index (χ0v) is 12.1. The topological polar surface area (TPSA) is 102 Å². The second-order valence-corrected chi connectivity index (χ2v) is 5.50. The molecule has 0 radical (unpaired) electrons. The van der Waals surface area contributed by atoms with Gasteiger partial charge in [-0.05, 0) is 41.5 Å².